The molecule has 0 heterocycles. The lowest BCUT2D eigenvalue weighted by Gasteiger charge is -2.09. The number of rotatable bonds is 8. The van der Waals surface area contributed by atoms with Gasteiger partial charge in [0.2, 0.25) is 0 Å². The number of carbonyl (C=O) groups is 1. The fourth-order valence-corrected chi connectivity index (χ4v) is 2.54. The minimum Gasteiger partial charge on any atom is -0.495 e. The van der Waals surface area contributed by atoms with E-state index in [9.17, 15) is 13.2 Å². The summed E-state index contributed by atoms with van der Waals surface area (Å²) in [5.41, 5.74) is 0.0746. The van der Waals surface area contributed by atoms with Crippen molar-refractivity contribution in [2.75, 3.05) is 26.9 Å². The molecule has 8 heteroatoms. The number of hydrogen-bond acceptors (Lipinski definition) is 6. The van der Waals surface area contributed by atoms with Crippen molar-refractivity contribution in [2.45, 2.75) is 18.2 Å². The highest BCUT2D eigenvalue weighted by Gasteiger charge is 2.19. The van der Waals surface area contributed by atoms with Crippen molar-refractivity contribution in [2.24, 2.45) is 0 Å². The number of methoxy groups -OCH3 is 1. The molecule has 0 bridgehead atoms. The molecular weight excluding hydrogens is 320 g/mol. The van der Waals surface area contributed by atoms with Gasteiger partial charge in [-0.25, -0.2) is 13.2 Å². The number of benzene rings is 1. The van der Waals surface area contributed by atoms with Crippen LogP contribution in [-0.2, 0) is 18.5 Å². The normalized spacial score (nSPS) is 11.2. The van der Waals surface area contributed by atoms with Crippen molar-refractivity contribution in [1.29, 1.82) is 0 Å². The first-order chi connectivity index (χ1) is 9.90. The van der Waals surface area contributed by atoms with Crippen LogP contribution >= 0.6 is 10.7 Å². The summed E-state index contributed by atoms with van der Waals surface area (Å²) >= 11 is 0. The van der Waals surface area contributed by atoms with Crippen molar-refractivity contribution < 1.29 is 27.4 Å². The van der Waals surface area contributed by atoms with Gasteiger partial charge in [-0.15, -0.1) is 0 Å². The fourth-order valence-electron chi connectivity index (χ4n) is 1.52. The summed E-state index contributed by atoms with van der Waals surface area (Å²) in [7, 11) is 2.59. The molecule has 1 rings (SSSR count). The molecule has 0 amide bonds. The summed E-state index contributed by atoms with van der Waals surface area (Å²) in [5.74, 6) is -0.591. The van der Waals surface area contributed by atoms with E-state index in [-0.39, 0.29) is 29.4 Å². The standard InChI is InChI=1S/C13H17ClO6S/c1-3-6-19-7-8-20-13(15)10-4-5-11(18-2)12(9-10)21(14,16)17/h4-5,9H,3,6-8H2,1-2H3. The van der Waals surface area contributed by atoms with Gasteiger partial charge in [-0.05, 0) is 24.6 Å². The van der Waals surface area contributed by atoms with Gasteiger partial charge in [0.25, 0.3) is 9.05 Å². The summed E-state index contributed by atoms with van der Waals surface area (Å²) in [5, 5.41) is 0. The van der Waals surface area contributed by atoms with Crippen molar-refractivity contribution in [3.05, 3.63) is 23.8 Å². The van der Waals surface area contributed by atoms with Crippen LogP contribution in [0.25, 0.3) is 0 Å². The van der Waals surface area contributed by atoms with Crippen LogP contribution in [0.2, 0.25) is 0 Å². The lowest BCUT2D eigenvalue weighted by Crippen LogP contribution is -2.12. The quantitative estimate of drug-likeness (QED) is 0.411. The van der Waals surface area contributed by atoms with Gasteiger partial charge < -0.3 is 14.2 Å². The van der Waals surface area contributed by atoms with E-state index in [1.54, 1.807) is 0 Å². The Balaban J connectivity index is 2.77. The van der Waals surface area contributed by atoms with Crippen molar-refractivity contribution in [3.63, 3.8) is 0 Å². The zero-order chi connectivity index (χ0) is 15.9. The van der Waals surface area contributed by atoms with E-state index >= 15 is 0 Å². The van der Waals surface area contributed by atoms with Gasteiger partial charge in [-0.1, -0.05) is 6.92 Å². The van der Waals surface area contributed by atoms with E-state index in [0.29, 0.717) is 6.61 Å². The minimum absolute atomic E-state index is 0.0628. The molecule has 0 aliphatic rings. The smallest absolute Gasteiger partial charge is 0.338 e. The molecule has 0 spiro atoms. The average Bonchev–Trinajstić information content (AvgIpc) is 2.45. The number of halogens is 1. The second kappa shape index (κ2) is 8.21. The third-order valence-electron chi connectivity index (χ3n) is 2.47. The first-order valence-electron chi connectivity index (χ1n) is 6.27. The summed E-state index contributed by atoms with van der Waals surface area (Å²) in [6.45, 7) is 2.94. The molecule has 0 fully saturated rings. The summed E-state index contributed by atoms with van der Waals surface area (Å²) in [6.07, 6.45) is 0.878. The van der Waals surface area contributed by atoms with E-state index in [2.05, 4.69) is 0 Å². The number of esters is 1. The first-order valence-corrected chi connectivity index (χ1v) is 8.58. The highest BCUT2D eigenvalue weighted by atomic mass is 35.7. The van der Waals surface area contributed by atoms with Gasteiger partial charge in [0.05, 0.1) is 19.3 Å². The molecule has 0 unspecified atom stereocenters. The molecule has 0 atom stereocenters. The summed E-state index contributed by atoms with van der Waals surface area (Å²) < 4.78 is 37.9. The topological polar surface area (TPSA) is 78.9 Å². The van der Waals surface area contributed by atoms with Crippen LogP contribution in [0.1, 0.15) is 23.7 Å². The van der Waals surface area contributed by atoms with Crippen LogP contribution in [0.3, 0.4) is 0 Å². The zero-order valence-electron chi connectivity index (χ0n) is 11.8. The molecule has 0 aliphatic heterocycles. The van der Waals surface area contributed by atoms with Crippen molar-refractivity contribution >= 4 is 25.7 Å². The van der Waals surface area contributed by atoms with Crippen molar-refractivity contribution in [3.8, 4) is 5.75 Å². The molecule has 0 aromatic heterocycles. The third kappa shape index (κ3) is 5.53. The summed E-state index contributed by atoms with van der Waals surface area (Å²) in [4.78, 5) is 11.5. The maximum Gasteiger partial charge on any atom is 0.338 e. The van der Waals surface area contributed by atoms with Crippen LogP contribution < -0.4 is 4.74 Å². The second-order valence-corrected chi connectivity index (χ2v) is 6.59. The predicted molar refractivity (Wildman–Crippen MR) is 77.4 cm³/mol. The van der Waals surface area contributed by atoms with Gasteiger partial charge in [0.1, 0.15) is 17.3 Å². The van der Waals surface area contributed by atoms with E-state index in [0.717, 1.165) is 12.5 Å². The van der Waals surface area contributed by atoms with Crippen molar-refractivity contribution in [1.82, 2.24) is 0 Å². The molecule has 1 aromatic rings. The maximum absolute atomic E-state index is 11.8. The van der Waals surface area contributed by atoms with Gasteiger partial charge in [0.15, 0.2) is 0 Å². The van der Waals surface area contributed by atoms with E-state index < -0.39 is 15.0 Å². The van der Waals surface area contributed by atoms with Gasteiger partial charge >= 0.3 is 5.97 Å². The van der Waals surface area contributed by atoms with Gasteiger partial charge in [-0.2, -0.15) is 0 Å². The fraction of sp³-hybridized carbons (Fsp3) is 0.462. The average molecular weight is 337 g/mol. The van der Waals surface area contributed by atoms with E-state index in [4.69, 9.17) is 24.9 Å². The Morgan fingerprint density at radius 3 is 2.52 bits per heavy atom. The second-order valence-electron chi connectivity index (χ2n) is 4.05. The molecule has 0 saturated carbocycles. The highest BCUT2D eigenvalue weighted by Crippen LogP contribution is 2.28. The van der Waals surface area contributed by atoms with Crippen LogP contribution in [0, 0.1) is 0 Å². The number of ether oxygens (including phenoxy) is 3. The molecule has 0 aliphatic carbocycles. The molecule has 6 nitrogen and oxygen atoms in total. The SMILES string of the molecule is CCCOCCOC(=O)c1ccc(OC)c(S(=O)(=O)Cl)c1. The monoisotopic (exact) mass is 336 g/mol. The molecule has 0 N–H and O–H groups in total. The number of hydrogen-bond donors (Lipinski definition) is 0. The number of carbonyl (C=O) groups excluding carboxylic acids is 1. The lowest BCUT2D eigenvalue weighted by molar-refractivity contribution is 0.0318. The molecule has 0 radical (unpaired) electrons. The highest BCUT2D eigenvalue weighted by molar-refractivity contribution is 8.13. The predicted octanol–water partition coefficient (Wildman–Crippen LogP) is 2.21. The Morgan fingerprint density at radius 1 is 1.24 bits per heavy atom. The van der Waals surface area contributed by atoms with E-state index in [1.165, 1.54) is 19.2 Å². The third-order valence-corrected chi connectivity index (χ3v) is 3.81. The summed E-state index contributed by atoms with van der Waals surface area (Å²) in [6, 6.07) is 3.87. The lowest BCUT2D eigenvalue weighted by atomic mass is 10.2. The Hall–Kier alpha value is -1.31. The van der Waals surface area contributed by atoms with E-state index in [1.807, 2.05) is 6.92 Å². The molecule has 0 saturated heterocycles. The zero-order valence-corrected chi connectivity index (χ0v) is 13.4. The van der Waals surface area contributed by atoms with Crippen LogP contribution in [0.15, 0.2) is 23.1 Å². The Morgan fingerprint density at radius 2 is 1.95 bits per heavy atom. The Kier molecular flexibility index (Phi) is 6.94. The van der Waals surface area contributed by atoms with Crippen LogP contribution in [0.5, 0.6) is 5.75 Å². The van der Waals surface area contributed by atoms with Crippen LogP contribution in [-0.4, -0.2) is 41.3 Å². The van der Waals surface area contributed by atoms with Crippen LogP contribution in [0.4, 0.5) is 0 Å². The molecule has 1 aromatic carbocycles. The molecule has 21 heavy (non-hydrogen) atoms. The maximum atomic E-state index is 11.8. The van der Waals surface area contributed by atoms with Gasteiger partial charge in [-0.3, -0.25) is 0 Å². The minimum atomic E-state index is -4.02. The van der Waals surface area contributed by atoms with Gasteiger partial charge in [0, 0.05) is 17.3 Å². The largest absolute Gasteiger partial charge is 0.495 e. The Bertz CT molecular complexity index is 584. The molecular formula is C13H17ClO6S. The first kappa shape index (κ1) is 17.7. The Labute approximate surface area is 128 Å². The molecule has 118 valence electrons.